The van der Waals surface area contributed by atoms with E-state index in [-0.39, 0.29) is 17.8 Å². The summed E-state index contributed by atoms with van der Waals surface area (Å²) in [5, 5.41) is 2.55. The Kier molecular flexibility index (Phi) is 4.39. The van der Waals surface area contributed by atoms with E-state index in [9.17, 15) is 9.18 Å². The number of aromatic nitrogens is 2. The molecule has 4 rings (SSSR count). The number of aromatic amines is 1. The normalized spacial score (nSPS) is 11.2. The summed E-state index contributed by atoms with van der Waals surface area (Å²) in [5.41, 5.74) is 3.48. The first-order valence-electron chi connectivity index (χ1n) is 8.49. The lowest BCUT2D eigenvalue weighted by Gasteiger charge is -2.04. The van der Waals surface area contributed by atoms with Crippen molar-refractivity contribution in [3.05, 3.63) is 87.0 Å². The molecule has 0 saturated heterocycles. The van der Waals surface area contributed by atoms with Crippen LogP contribution >= 0.6 is 11.3 Å². The number of aryl methyl sites for hydroxylation is 1. The summed E-state index contributed by atoms with van der Waals surface area (Å²) in [6.07, 6.45) is 1.24. The van der Waals surface area contributed by atoms with Gasteiger partial charge < -0.3 is 4.98 Å². The van der Waals surface area contributed by atoms with Crippen LogP contribution < -0.4 is 5.56 Å². The molecule has 2 aromatic carbocycles. The van der Waals surface area contributed by atoms with Gasteiger partial charge in [0.15, 0.2) is 0 Å². The molecule has 1 N–H and O–H groups in total. The highest BCUT2D eigenvalue weighted by molar-refractivity contribution is 7.17. The second kappa shape index (κ2) is 6.84. The number of H-pyrrole nitrogens is 1. The first-order valence-corrected chi connectivity index (χ1v) is 9.36. The molecule has 0 aliphatic heterocycles. The van der Waals surface area contributed by atoms with Crippen molar-refractivity contribution in [2.75, 3.05) is 0 Å². The molecule has 0 saturated carbocycles. The molecule has 26 heavy (non-hydrogen) atoms. The van der Waals surface area contributed by atoms with Crippen LogP contribution in [0.3, 0.4) is 0 Å². The van der Waals surface area contributed by atoms with Gasteiger partial charge in [-0.3, -0.25) is 4.79 Å². The van der Waals surface area contributed by atoms with Gasteiger partial charge in [-0.2, -0.15) is 0 Å². The molecule has 3 nitrogen and oxygen atoms in total. The zero-order valence-electron chi connectivity index (χ0n) is 14.3. The van der Waals surface area contributed by atoms with Crippen LogP contribution in [0.1, 0.15) is 23.9 Å². The van der Waals surface area contributed by atoms with E-state index in [0.717, 1.165) is 17.5 Å². The Labute approximate surface area is 154 Å². The fourth-order valence-electron chi connectivity index (χ4n) is 3.03. The summed E-state index contributed by atoms with van der Waals surface area (Å²) in [4.78, 5) is 20.7. The minimum atomic E-state index is -0.293. The predicted molar refractivity (Wildman–Crippen MR) is 104 cm³/mol. The van der Waals surface area contributed by atoms with E-state index in [1.807, 2.05) is 17.5 Å². The van der Waals surface area contributed by atoms with Crippen LogP contribution in [0.15, 0.2) is 58.7 Å². The van der Waals surface area contributed by atoms with Crippen LogP contribution in [0, 0.1) is 5.82 Å². The van der Waals surface area contributed by atoms with E-state index in [1.165, 1.54) is 23.0 Å². The third kappa shape index (κ3) is 3.06. The number of rotatable bonds is 4. The van der Waals surface area contributed by atoms with E-state index in [0.29, 0.717) is 21.6 Å². The molecule has 5 heteroatoms. The van der Waals surface area contributed by atoms with Crippen molar-refractivity contribution >= 4 is 21.6 Å². The van der Waals surface area contributed by atoms with Crippen molar-refractivity contribution in [2.24, 2.45) is 0 Å². The lowest BCUT2D eigenvalue weighted by molar-refractivity contribution is 0.612. The van der Waals surface area contributed by atoms with Gasteiger partial charge in [0.25, 0.3) is 5.56 Å². The maximum atomic E-state index is 13.9. The molecule has 0 aliphatic rings. The maximum absolute atomic E-state index is 13.9. The van der Waals surface area contributed by atoms with Gasteiger partial charge >= 0.3 is 0 Å². The number of nitrogens with zero attached hydrogens (tertiary/aromatic N) is 1. The number of benzene rings is 2. The van der Waals surface area contributed by atoms with E-state index >= 15 is 0 Å². The number of halogens is 1. The summed E-state index contributed by atoms with van der Waals surface area (Å²) < 4.78 is 13.9. The molecule has 2 heterocycles. The summed E-state index contributed by atoms with van der Waals surface area (Å²) >= 11 is 1.44. The van der Waals surface area contributed by atoms with Crippen LogP contribution in [-0.2, 0) is 12.8 Å². The van der Waals surface area contributed by atoms with Gasteiger partial charge in [0.1, 0.15) is 16.5 Å². The molecule has 0 aliphatic carbocycles. The molecule has 4 aromatic rings. The molecule has 0 radical (unpaired) electrons. The second-order valence-corrected chi connectivity index (χ2v) is 7.02. The molecule has 130 valence electrons. The van der Waals surface area contributed by atoms with Crippen LogP contribution in [0.5, 0.6) is 0 Å². The largest absolute Gasteiger partial charge is 0.310 e. The van der Waals surface area contributed by atoms with Crippen molar-refractivity contribution < 1.29 is 4.39 Å². The fourth-order valence-corrected chi connectivity index (χ4v) is 4.00. The molecule has 2 aromatic heterocycles. The van der Waals surface area contributed by atoms with Crippen LogP contribution in [0.2, 0.25) is 0 Å². The van der Waals surface area contributed by atoms with Gasteiger partial charge in [-0.1, -0.05) is 49.4 Å². The molecular weight excluding hydrogens is 347 g/mol. The monoisotopic (exact) mass is 364 g/mol. The highest BCUT2D eigenvalue weighted by Crippen LogP contribution is 2.31. The Hall–Kier alpha value is -2.79. The molecule has 0 unspecified atom stereocenters. The number of nitrogens with one attached hydrogen (secondary N) is 1. The lowest BCUT2D eigenvalue weighted by atomic mass is 10.0. The smallest absolute Gasteiger partial charge is 0.260 e. The van der Waals surface area contributed by atoms with Crippen molar-refractivity contribution in [3.63, 3.8) is 0 Å². The van der Waals surface area contributed by atoms with Gasteiger partial charge in [-0.15, -0.1) is 11.3 Å². The maximum Gasteiger partial charge on any atom is 0.260 e. The number of hydrogen-bond acceptors (Lipinski definition) is 3. The highest BCUT2D eigenvalue weighted by atomic mass is 32.1. The van der Waals surface area contributed by atoms with Gasteiger partial charge in [0, 0.05) is 17.4 Å². The minimum Gasteiger partial charge on any atom is -0.310 e. The number of hydrogen-bond donors (Lipinski definition) is 1. The summed E-state index contributed by atoms with van der Waals surface area (Å²) in [5.74, 6) is 0.181. The van der Waals surface area contributed by atoms with Crippen LogP contribution in [0.25, 0.3) is 21.3 Å². The first kappa shape index (κ1) is 16.7. The van der Waals surface area contributed by atoms with Gasteiger partial charge in [-0.25, -0.2) is 9.37 Å². The minimum absolute atomic E-state index is 0.183. The lowest BCUT2D eigenvalue weighted by Crippen LogP contribution is -2.12. The standard InChI is InChI=1S/C21H17FN2OS/c1-2-13-7-9-14(10-8-13)16-12-26-21-19(16)20(25)23-18(24-21)11-15-5-3-4-6-17(15)22/h3-10,12H,2,11H2,1H3,(H,23,24,25). The summed E-state index contributed by atoms with van der Waals surface area (Å²) in [6.45, 7) is 2.11. The predicted octanol–water partition coefficient (Wildman–Crippen LogP) is 4.94. The Balaban J connectivity index is 1.75. The quantitative estimate of drug-likeness (QED) is 0.557. The zero-order chi connectivity index (χ0) is 18.1. The van der Waals surface area contributed by atoms with Gasteiger partial charge in [-0.05, 0) is 29.2 Å². The SMILES string of the molecule is CCc1ccc(-c2csc3nc(Cc4ccccc4F)[nH]c(=O)c23)cc1. The molecular formula is C21H17FN2OS. The van der Waals surface area contributed by atoms with Crippen molar-refractivity contribution in [1.82, 2.24) is 9.97 Å². The molecule has 0 fully saturated rings. The Morgan fingerprint density at radius 1 is 1.12 bits per heavy atom. The van der Waals surface area contributed by atoms with E-state index < -0.39 is 0 Å². The summed E-state index contributed by atoms with van der Waals surface area (Å²) in [7, 11) is 0. The number of thiophene rings is 1. The third-order valence-corrected chi connectivity index (χ3v) is 5.35. The van der Waals surface area contributed by atoms with Gasteiger partial charge in [0.05, 0.1) is 5.39 Å². The molecule has 0 bridgehead atoms. The molecule has 0 amide bonds. The molecule has 0 spiro atoms. The van der Waals surface area contributed by atoms with Crippen molar-refractivity contribution in [1.29, 1.82) is 0 Å². The van der Waals surface area contributed by atoms with Crippen molar-refractivity contribution in [3.8, 4) is 11.1 Å². The summed E-state index contributed by atoms with van der Waals surface area (Å²) in [6, 6.07) is 14.8. The number of fused-ring (bicyclic) bond motifs is 1. The van der Waals surface area contributed by atoms with Crippen LogP contribution in [-0.4, -0.2) is 9.97 Å². The third-order valence-electron chi connectivity index (χ3n) is 4.48. The van der Waals surface area contributed by atoms with Gasteiger partial charge in [0.2, 0.25) is 0 Å². The highest BCUT2D eigenvalue weighted by Gasteiger charge is 2.14. The van der Waals surface area contributed by atoms with Crippen molar-refractivity contribution in [2.45, 2.75) is 19.8 Å². The molecule has 0 atom stereocenters. The second-order valence-electron chi connectivity index (χ2n) is 6.16. The first-order chi connectivity index (χ1) is 12.7. The topological polar surface area (TPSA) is 45.8 Å². The Bertz CT molecular complexity index is 1130. The van der Waals surface area contributed by atoms with E-state index in [1.54, 1.807) is 18.2 Å². The Morgan fingerprint density at radius 2 is 1.88 bits per heavy atom. The Morgan fingerprint density at radius 3 is 2.62 bits per heavy atom. The fraction of sp³-hybridized carbons (Fsp3) is 0.143. The van der Waals surface area contributed by atoms with E-state index in [2.05, 4.69) is 29.0 Å². The average Bonchev–Trinajstić information content (AvgIpc) is 3.08. The van der Waals surface area contributed by atoms with E-state index in [4.69, 9.17) is 0 Å². The van der Waals surface area contributed by atoms with Crippen LogP contribution in [0.4, 0.5) is 4.39 Å². The zero-order valence-corrected chi connectivity index (χ0v) is 15.1. The average molecular weight is 364 g/mol.